The lowest BCUT2D eigenvalue weighted by atomic mass is 10.0. The summed E-state index contributed by atoms with van der Waals surface area (Å²) < 4.78 is 1.12. The molecule has 1 unspecified atom stereocenters. The first-order chi connectivity index (χ1) is 8.70. The van der Waals surface area contributed by atoms with Gasteiger partial charge in [-0.15, -0.1) is 0 Å². The van der Waals surface area contributed by atoms with Crippen molar-refractivity contribution in [1.29, 1.82) is 0 Å². The molecule has 0 saturated heterocycles. The van der Waals surface area contributed by atoms with E-state index >= 15 is 0 Å². The highest BCUT2D eigenvalue weighted by Gasteiger charge is 2.05. The fraction of sp³-hybridized carbons (Fsp3) is 0.250. The summed E-state index contributed by atoms with van der Waals surface area (Å²) in [6.07, 6.45) is 0. The van der Waals surface area contributed by atoms with Crippen LogP contribution >= 0.6 is 15.9 Å². The predicted octanol–water partition coefficient (Wildman–Crippen LogP) is 4.79. The average Bonchev–Trinajstić information content (AvgIpc) is 2.39. The molecule has 0 heterocycles. The van der Waals surface area contributed by atoms with Crippen molar-refractivity contribution < 1.29 is 0 Å². The lowest BCUT2D eigenvalue weighted by Gasteiger charge is -2.14. The van der Waals surface area contributed by atoms with Gasteiger partial charge in [0.1, 0.15) is 0 Å². The molecule has 0 bridgehead atoms. The van der Waals surface area contributed by atoms with Crippen molar-refractivity contribution in [2.75, 3.05) is 6.54 Å². The monoisotopic (exact) mass is 303 g/mol. The van der Waals surface area contributed by atoms with E-state index in [9.17, 15) is 0 Å². The minimum Gasteiger partial charge on any atom is -0.310 e. The number of hydrogen-bond acceptors (Lipinski definition) is 1. The first-order valence-corrected chi connectivity index (χ1v) is 7.09. The van der Waals surface area contributed by atoms with Crippen molar-refractivity contribution >= 4 is 15.9 Å². The fourth-order valence-corrected chi connectivity index (χ4v) is 2.48. The van der Waals surface area contributed by atoms with E-state index in [1.807, 2.05) is 0 Å². The Morgan fingerprint density at radius 2 is 1.72 bits per heavy atom. The van der Waals surface area contributed by atoms with Gasteiger partial charge in [0.25, 0.3) is 0 Å². The maximum Gasteiger partial charge on any atom is 0.0291 e. The van der Waals surface area contributed by atoms with Gasteiger partial charge in [0, 0.05) is 10.5 Å². The summed E-state index contributed by atoms with van der Waals surface area (Å²) in [6, 6.07) is 17.5. The van der Waals surface area contributed by atoms with Crippen LogP contribution in [0.5, 0.6) is 0 Å². The lowest BCUT2D eigenvalue weighted by Crippen LogP contribution is -2.17. The van der Waals surface area contributed by atoms with E-state index in [0.29, 0.717) is 6.04 Å². The summed E-state index contributed by atoms with van der Waals surface area (Å²) in [7, 11) is 0. The Bertz CT molecular complexity index is 522. The molecule has 0 saturated carbocycles. The first kappa shape index (κ1) is 13.3. The SMILES string of the molecule is CCNC(C)c1cccc(-c2cccc(Br)c2)c1. The van der Waals surface area contributed by atoms with Gasteiger partial charge < -0.3 is 5.32 Å². The number of benzene rings is 2. The summed E-state index contributed by atoms with van der Waals surface area (Å²) in [5.74, 6) is 0. The molecule has 1 nitrogen and oxygen atoms in total. The van der Waals surface area contributed by atoms with E-state index in [-0.39, 0.29) is 0 Å². The molecular weight excluding hydrogens is 286 g/mol. The molecule has 0 aliphatic rings. The van der Waals surface area contributed by atoms with Gasteiger partial charge in [-0.3, -0.25) is 0 Å². The van der Waals surface area contributed by atoms with Crippen LogP contribution in [0.4, 0.5) is 0 Å². The van der Waals surface area contributed by atoms with Gasteiger partial charge in [0.05, 0.1) is 0 Å². The molecule has 1 atom stereocenters. The van der Waals surface area contributed by atoms with Gasteiger partial charge >= 0.3 is 0 Å². The second kappa shape index (κ2) is 6.17. The number of hydrogen-bond donors (Lipinski definition) is 1. The third kappa shape index (κ3) is 3.21. The second-order valence-corrected chi connectivity index (χ2v) is 5.33. The van der Waals surface area contributed by atoms with Gasteiger partial charge in [-0.05, 0) is 48.4 Å². The van der Waals surface area contributed by atoms with Crippen molar-refractivity contribution in [3.8, 4) is 11.1 Å². The molecule has 0 amide bonds. The van der Waals surface area contributed by atoms with Gasteiger partial charge in [-0.1, -0.05) is 53.2 Å². The van der Waals surface area contributed by atoms with Crippen LogP contribution in [0, 0.1) is 0 Å². The van der Waals surface area contributed by atoms with E-state index < -0.39 is 0 Å². The third-order valence-corrected chi connectivity index (χ3v) is 3.55. The molecule has 2 aromatic carbocycles. The lowest BCUT2D eigenvalue weighted by molar-refractivity contribution is 0.598. The minimum atomic E-state index is 0.391. The Kier molecular flexibility index (Phi) is 4.56. The van der Waals surface area contributed by atoms with Crippen LogP contribution in [0.3, 0.4) is 0 Å². The summed E-state index contributed by atoms with van der Waals surface area (Å²) in [6.45, 7) is 5.32. The molecule has 94 valence electrons. The normalized spacial score (nSPS) is 12.4. The Morgan fingerprint density at radius 1 is 1.06 bits per heavy atom. The van der Waals surface area contributed by atoms with Gasteiger partial charge in [-0.2, -0.15) is 0 Å². The average molecular weight is 304 g/mol. The maximum atomic E-state index is 3.52. The first-order valence-electron chi connectivity index (χ1n) is 6.30. The van der Waals surface area contributed by atoms with Crippen LogP contribution in [0.15, 0.2) is 53.0 Å². The molecule has 18 heavy (non-hydrogen) atoms. The van der Waals surface area contributed by atoms with E-state index in [4.69, 9.17) is 0 Å². The summed E-state index contributed by atoms with van der Waals surface area (Å²) in [4.78, 5) is 0. The Morgan fingerprint density at radius 3 is 2.39 bits per heavy atom. The molecule has 0 aliphatic carbocycles. The molecular formula is C16H18BrN. The Labute approximate surface area is 117 Å². The molecule has 0 aromatic heterocycles. The molecule has 2 aromatic rings. The van der Waals surface area contributed by atoms with Gasteiger partial charge in [0.15, 0.2) is 0 Å². The zero-order valence-corrected chi connectivity index (χ0v) is 12.4. The third-order valence-electron chi connectivity index (χ3n) is 3.05. The smallest absolute Gasteiger partial charge is 0.0291 e. The van der Waals surface area contributed by atoms with Crippen molar-refractivity contribution in [2.24, 2.45) is 0 Å². The molecule has 2 heteroatoms. The van der Waals surface area contributed by atoms with E-state index in [1.165, 1.54) is 16.7 Å². The minimum absolute atomic E-state index is 0.391. The topological polar surface area (TPSA) is 12.0 Å². The standard InChI is InChI=1S/C16H18BrN/c1-3-18-12(2)13-6-4-7-14(10-13)15-8-5-9-16(17)11-15/h4-12,18H,3H2,1-2H3. The van der Waals surface area contributed by atoms with Crippen LogP contribution in [0.2, 0.25) is 0 Å². The van der Waals surface area contributed by atoms with Crippen LogP contribution in [-0.2, 0) is 0 Å². The van der Waals surface area contributed by atoms with Crippen molar-refractivity contribution in [3.05, 3.63) is 58.6 Å². The summed E-state index contributed by atoms with van der Waals surface area (Å²) in [5.41, 5.74) is 3.84. The molecule has 0 fully saturated rings. The second-order valence-electron chi connectivity index (χ2n) is 4.42. The van der Waals surface area contributed by atoms with E-state index in [0.717, 1.165) is 11.0 Å². The Hall–Kier alpha value is -1.12. The van der Waals surface area contributed by atoms with Gasteiger partial charge in [-0.25, -0.2) is 0 Å². The summed E-state index contributed by atoms with van der Waals surface area (Å²) >= 11 is 3.52. The quantitative estimate of drug-likeness (QED) is 0.856. The van der Waals surface area contributed by atoms with Crippen LogP contribution in [0.1, 0.15) is 25.5 Å². The molecule has 0 aliphatic heterocycles. The zero-order valence-electron chi connectivity index (χ0n) is 10.8. The number of rotatable bonds is 4. The molecule has 2 rings (SSSR count). The van der Waals surface area contributed by atoms with Crippen molar-refractivity contribution in [1.82, 2.24) is 5.32 Å². The van der Waals surface area contributed by atoms with E-state index in [2.05, 4.69) is 83.6 Å². The van der Waals surface area contributed by atoms with Crippen molar-refractivity contribution in [2.45, 2.75) is 19.9 Å². The maximum absolute atomic E-state index is 3.52. The number of nitrogens with one attached hydrogen (secondary N) is 1. The number of halogens is 1. The van der Waals surface area contributed by atoms with Crippen LogP contribution in [-0.4, -0.2) is 6.54 Å². The largest absolute Gasteiger partial charge is 0.310 e. The molecule has 0 radical (unpaired) electrons. The Balaban J connectivity index is 2.32. The predicted molar refractivity (Wildman–Crippen MR) is 81.7 cm³/mol. The molecule has 1 N–H and O–H groups in total. The van der Waals surface area contributed by atoms with Crippen LogP contribution in [0.25, 0.3) is 11.1 Å². The van der Waals surface area contributed by atoms with E-state index in [1.54, 1.807) is 0 Å². The fourth-order valence-electron chi connectivity index (χ4n) is 2.08. The van der Waals surface area contributed by atoms with Gasteiger partial charge in [0.2, 0.25) is 0 Å². The highest BCUT2D eigenvalue weighted by atomic mass is 79.9. The van der Waals surface area contributed by atoms with Crippen molar-refractivity contribution in [3.63, 3.8) is 0 Å². The zero-order chi connectivity index (χ0) is 13.0. The van der Waals surface area contributed by atoms with Crippen LogP contribution < -0.4 is 5.32 Å². The summed E-state index contributed by atoms with van der Waals surface area (Å²) in [5, 5.41) is 3.44. The molecule has 0 spiro atoms. The highest BCUT2D eigenvalue weighted by molar-refractivity contribution is 9.10. The highest BCUT2D eigenvalue weighted by Crippen LogP contribution is 2.25.